The summed E-state index contributed by atoms with van der Waals surface area (Å²) in [6.07, 6.45) is 0.504. The number of rotatable bonds is 5. The Labute approximate surface area is 136 Å². The van der Waals surface area contributed by atoms with Crippen molar-refractivity contribution in [3.05, 3.63) is 47.9 Å². The zero-order chi connectivity index (χ0) is 17.0. The Kier molecular flexibility index (Phi) is 5.26. The molecule has 0 amide bonds. The van der Waals surface area contributed by atoms with Gasteiger partial charge in [-0.05, 0) is 38.1 Å². The number of nitrogens with one attached hydrogen (secondary N) is 1. The van der Waals surface area contributed by atoms with Gasteiger partial charge in [0, 0.05) is 17.3 Å². The Hall–Kier alpha value is -2.08. The zero-order valence-corrected chi connectivity index (χ0v) is 13.3. The molecule has 2 aromatic rings. The Morgan fingerprint density at radius 2 is 2.09 bits per heavy atom. The highest BCUT2D eigenvalue weighted by molar-refractivity contribution is 6.18. The molecule has 0 bridgehead atoms. The van der Waals surface area contributed by atoms with Gasteiger partial charge in [0.1, 0.15) is 11.5 Å². The number of hydrogen-bond donors (Lipinski definition) is 1. The van der Waals surface area contributed by atoms with Gasteiger partial charge in [0.05, 0.1) is 11.2 Å². The number of aromatic amines is 1. The molecule has 0 aliphatic heterocycles. The summed E-state index contributed by atoms with van der Waals surface area (Å²) in [6.45, 7) is 3.59. The van der Waals surface area contributed by atoms with Crippen molar-refractivity contribution >= 4 is 22.5 Å². The van der Waals surface area contributed by atoms with Crippen LogP contribution in [-0.4, -0.2) is 17.2 Å². The normalized spacial score (nSPS) is 13.0. The molecule has 7 heteroatoms. The molecule has 1 heterocycles. The van der Waals surface area contributed by atoms with Crippen LogP contribution in [0.4, 0.5) is 13.2 Å². The zero-order valence-electron chi connectivity index (χ0n) is 12.5. The first-order chi connectivity index (χ1) is 10.8. The first kappa shape index (κ1) is 17.3. The van der Waals surface area contributed by atoms with Crippen LogP contribution in [0.3, 0.4) is 0 Å². The number of halogens is 4. The molecule has 1 aromatic carbocycles. The van der Waals surface area contributed by atoms with Crippen molar-refractivity contribution < 1.29 is 22.6 Å². The highest BCUT2D eigenvalue weighted by Crippen LogP contribution is 2.34. The average Bonchev–Trinajstić information content (AvgIpc) is 2.76. The van der Waals surface area contributed by atoms with Gasteiger partial charge in [-0.15, -0.1) is 24.8 Å². The summed E-state index contributed by atoms with van der Waals surface area (Å²) in [5, 5.41) is 0.663. The fraction of sp³-hybridized carbons (Fsp3) is 0.250. The predicted molar refractivity (Wildman–Crippen MR) is 84.0 cm³/mol. The van der Waals surface area contributed by atoms with Gasteiger partial charge in [-0.25, -0.2) is 0 Å². The van der Waals surface area contributed by atoms with Crippen molar-refractivity contribution in [3.8, 4) is 11.5 Å². The van der Waals surface area contributed by atoms with Crippen LogP contribution in [0.15, 0.2) is 42.2 Å². The summed E-state index contributed by atoms with van der Waals surface area (Å²) in [5.74, 6) is 1.20. The maximum atomic E-state index is 12.3. The second-order valence-corrected chi connectivity index (χ2v) is 4.99. The maximum Gasteiger partial charge on any atom is 0.573 e. The van der Waals surface area contributed by atoms with E-state index in [2.05, 4.69) is 9.72 Å². The SMILES string of the molecule is C/C=C(\C=C/CCl)Oc1c(C)[nH]c2cc(OC(F)(F)F)ccc12. The van der Waals surface area contributed by atoms with E-state index in [1.807, 2.05) is 6.92 Å². The second-order valence-electron chi connectivity index (χ2n) is 4.68. The lowest BCUT2D eigenvalue weighted by Crippen LogP contribution is -2.16. The summed E-state index contributed by atoms with van der Waals surface area (Å²) in [5.41, 5.74) is 1.19. The van der Waals surface area contributed by atoms with Crippen LogP contribution in [0.25, 0.3) is 10.9 Å². The van der Waals surface area contributed by atoms with Gasteiger partial charge in [-0.2, -0.15) is 0 Å². The molecule has 0 saturated heterocycles. The van der Waals surface area contributed by atoms with Gasteiger partial charge in [-0.1, -0.05) is 6.08 Å². The Balaban J connectivity index is 2.35. The molecule has 3 nitrogen and oxygen atoms in total. The van der Waals surface area contributed by atoms with Crippen LogP contribution < -0.4 is 9.47 Å². The van der Waals surface area contributed by atoms with Gasteiger partial charge in [0.25, 0.3) is 0 Å². The predicted octanol–water partition coefficient (Wildman–Crippen LogP) is 5.45. The molecule has 0 radical (unpaired) electrons. The van der Waals surface area contributed by atoms with E-state index < -0.39 is 6.36 Å². The summed E-state index contributed by atoms with van der Waals surface area (Å²) in [4.78, 5) is 2.99. The Morgan fingerprint density at radius 3 is 2.70 bits per heavy atom. The molecule has 0 spiro atoms. The number of aryl methyl sites for hydroxylation is 1. The number of fused-ring (bicyclic) bond motifs is 1. The number of alkyl halides is 4. The first-order valence-electron chi connectivity index (χ1n) is 6.79. The van der Waals surface area contributed by atoms with E-state index in [-0.39, 0.29) is 5.75 Å². The van der Waals surface area contributed by atoms with Crippen molar-refractivity contribution in [1.82, 2.24) is 4.98 Å². The fourth-order valence-electron chi connectivity index (χ4n) is 2.08. The number of hydrogen-bond acceptors (Lipinski definition) is 2. The van der Waals surface area contributed by atoms with Gasteiger partial charge in [0.2, 0.25) is 0 Å². The van der Waals surface area contributed by atoms with E-state index in [9.17, 15) is 13.2 Å². The van der Waals surface area contributed by atoms with Crippen LogP contribution in [0.1, 0.15) is 12.6 Å². The molecule has 23 heavy (non-hydrogen) atoms. The van der Waals surface area contributed by atoms with E-state index >= 15 is 0 Å². The number of H-pyrrole nitrogens is 1. The van der Waals surface area contributed by atoms with Crippen molar-refractivity contribution in [3.63, 3.8) is 0 Å². The minimum absolute atomic E-state index is 0.286. The molecular weight excluding hydrogens is 331 g/mol. The highest BCUT2D eigenvalue weighted by atomic mass is 35.5. The number of benzene rings is 1. The minimum Gasteiger partial charge on any atom is -0.455 e. The van der Waals surface area contributed by atoms with E-state index in [0.717, 1.165) is 0 Å². The molecule has 0 saturated carbocycles. The number of allylic oxidation sites excluding steroid dienone is 3. The molecule has 0 atom stereocenters. The summed E-state index contributed by atoms with van der Waals surface area (Å²) in [7, 11) is 0. The molecule has 1 N–H and O–H groups in total. The lowest BCUT2D eigenvalue weighted by Gasteiger charge is -2.09. The standard InChI is InChI=1S/C16H15ClF3NO2/c1-3-11(5-4-8-17)22-15-10(2)21-14-9-12(6-7-13(14)15)23-16(18,19)20/h3-7,9,21H,8H2,1-2H3/b5-4-,11-3+. The highest BCUT2D eigenvalue weighted by Gasteiger charge is 2.31. The molecule has 2 rings (SSSR count). The quantitative estimate of drug-likeness (QED) is 0.444. The average molecular weight is 346 g/mol. The van der Waals surface area contributed by atoms with Crippen LogP contribution in [0, 0.1) is 6.92 Å². The smallest absolute Gasteiger partial charge is 0.455 e. The van der Waals surface area contributed by atoms with Crippen molar-refractivity contribution in [2.75, 3.05) is 5.88 Å². The van der Waals surface area contributed by atoms with Gasteiger partial charge in [-0.3, -0.25) is 0 Å². The maximum absolute atomic E-state index is 12.3. The van der Waals surface area contributed by atoms with Crippen molar-refractivity contribution in [2.45, 2.75) is 20.2 Å². The van der Waals surface area contributed by atoms with E-state index in [1.165, 1.54) is 18.2 Å². The third-order valence-corrected chi connectivity index (χ3v) is 3.19. The Morgan fingerprint density at radius 1 is 1.35 bits per heavy atom. The lowest BCUT2D eigenvalue weighted by atomic mass is 10.2. The van der Waals surface area contributed by atoms with Crippen LogP contribution >= 0.6 is 11.6 Å². The van der Waals surface area contributed by atoms with Gasteiger partial charge in [0.15, 0.2) is 5.75 Å². The lowest BCUT2D eigenvalue weighted by molar-refractivity contribution is -0.274. The fourth-order valence-corrected chi connectivity index (χ4v) is 2.17. The molecule has 0 aliphatic carbocycles. The number of ether oxygens (including phenoxy) is 2. The monoisotopic (exact) mass is 345 g/mol. The van der Waals surface area contributed by atoms with Gasteiger partial charge < -0.3 is 14.5 Å². The third-order valence-electron chi connectivity index (χ3n) is 3.01. The largest absolute Gasteiger partial charge is 0.573 e. The molecule has 0 unspecified atom stereocenters. The summed E-state index contributed by atoms with van der Waals surface area (Å²) < 4.78 is 46.6. The van der Waals surface area contributed by atoms with Crippen molar-refractivity contribution in [2.24, 2.45) is 0 Å². The van der Waals surface area contributed by atoms with Crippen LogP contribution in [0.5, 0.6) is 11.5 Å². The first-order valence-corrected chi connectivity index (χ1v) is 7.32. The summed E-state index contributed by atoms with van der Waals surface area (Å²) in [6, 6.07) is 4.06. The van der Waals surface area contributed by atoms with E-state index in [0.29, 0.717) is 34.0 Å². The van der Waals surface area contributed by atoms with Crippen molar-refractivity contribution in [1.29, 1.82) is 0 Å². The molecule has 0 fully saturated rings. The topological polar surface area (TPSA) is 34.2 Å². The molecule has 1 aromatic heterocycles. The minimum atomic E-state index is -4.72. The molecular formula is C16H15ClF3NO2. The van der Waals surface area contributed by atoms with E-state index in [4.69, 9.17) is 16.3 Å². The Bertz CT molecular complexity index is 748. The molecule has 0 aliphatic rings. The van der Waals surface area contributed by atoms with Gasteiger partial charge >= 0.3 is 6.36 Å². The second kappa shape index (κ2) is 7.00. The van der Waals surface area contributed by atoms with Crippen LogP contribution in [-0.2, 0) is 0 Å². The summed E-state index contributed by atoms with van der Waals surface area (Å²) >= 11 is 5.60. The van der Waals surface area contributed by atoms with E-state index in [1.54, 1.807) is 25.2 Å². The third kappa shape index (κ3) is 4.45. The molecule has 124 valence electrons. The van der Waals surface area contributed by atoms with Crippen LogP contribution in [0.2, 0.25) is 0 Å². The number of aromatic nitrogens is 1.